The molecule has 0 radical (unpaired) electrons. The highest BCUT2D eigenvalue weighted by atomic mass is 16.2. The molecule has 2 N–H and O–H groups in total. The van der Waals surface area contributed by atoms with Gasteiger partial charge in [-0.05, 0) is 0 Å². The van der Waals surface area contributed by atoms with Crippen LogP contribution >= 0.6 is 0 Å². The number of hydrogen-bond acceptors (Lipinski definition) is 4. The average Bonchev–Trinajstić information content (AvgIpc) is 2.35. The predicted octanol–water partition coefficient (Wildman–Crippen LogP) is -1.05. The molecule has 1 rings (SSSR count). The quantitative estimate of drug-likeness (QED) is 0.612. The molecule has 0 aliphatic carbocycles. The van der Waals surface area contributed by atoms with E-state index in [1.807, 2.05) is 0 Å². The molecule has 0 fully saturated rings. The van der Waals surface area contributed by atoms with Gasteiger partial charge < -0.3 is 10.6 Å². The maximum Gasteiger partial charge on any atom is 0.243 e. The number of likely N-dealkylation sites (N-methyl/N-ethyl adjacent to an activating group) is 1. The van der Waals surface area contributed by atoms with Crippen LogP contribution in [0.5, 0.6) is 0 Å². The number of nitrogens with two attached hydrogens (primary N) is 1. The van der Waals surface area contributed by atoms with Crippen molar-refractivity contribution < 1.29 is 4.79 Å². The fourth-order valence-corrected chi connectivity index (χ4v) is 0.665. The number of rotatable bonds is 2. The zero-order valence-electron chi connectivity index (χ0n) is 7.06. The van der Waals surface area contributed by atoms with E-state index in [2.05, 4.69) is 10.1 Å². The number of amides is 1. The minimum Gasteiger partial charge on any atom is -0.367 e. The maximum absolute atomic E-state index is 11.1. The van der Waals surface area contributed by atoms with Gasteiger partial charge in [-0.25, -0.2) is 9.67 Å². The number of carbonyl (C=O) groups excluding carboxylic acids is 1. The second-order valence-corrected chi connectivity index (χ2v) is 2.59. The van der Waals surface area contributed by atoms with E-state index in [1.54, 1.807) is 14.1 Å². The van der Waals surface area contributed by atoms with Gasteiger partial charge in [-0.15, -0.1) is 5.10 Å². The van der Waals surface area contributed by atoms with Crippen molar-refractivity contribution in [1.82, 2.24) is 19.7 Å². The molecule has 0 aromatic carbocycles. The molecule has 1 aromatic heterocycles. The molecule has 0 saturated heterocycles. The summed E-state index contributed by atoms with van der Waals surface area (Å²) in [6.07, 6.45) is 1.43. The first kappa shape index (κ1) is 8.51. The van der Waals surface area contributed by atoms with E-state index >= 15 is 0 Å². The van der Waals surface area contributed by atoms with Crippen LogP contribution in [-0.2, 0) is 11.3 Å². The summed E-state index contributed by atoms with van der Waals surface area (Å²) >= 11 is 0. The minimum absolute atomic E-state index is 0.0418. The lowest BCUT2D eigenvalue weighted by Gasteiger charge is -2.08. The van der Waals surface area contributed by atoms with Gasteiger partial charge in [-0.3, -0.25) is 4.79 Å². The van der Waals surface area contributed by atoms with Crippen LogP contribution in [0.25, 0.3) is 0 Å². The molecule has 1 aromatic rings. The molecule has 1 amide bonds. The smallest absolute Gasteiger partial charge is 0.243 e. The molecule has 0 saturated carbocycles. The topological polar surface area (TPSA) is 77.0 Å². The lowest BCUT2D eigenvalue weighted by molar-refractivity contribution is -0.129. The van der Waals surface area contributed by atoms with Crippen LogP contribution in [0.15, 0.2) is 6.33 Å². The number of nitrogen functional groups attached to an aromatic ring is 1. The average molecular weight is 169 g/mol. The summed E-state index contributed by atoms with van der Waals surface area (Å²) in [5.41, 5.74) is 5.26. The van der Waals surface area contributed by atoms with E-state index in [4.69, 9.17) is 5.73 Å². The van der Waals surface area contributed by atoms with Gasteiger partial charge in [0.15, 0.2) is 0 Å². The van der Waals surface area contributed by atoms with E-state index in [-0.39, 0.29) is 18.4 Å². The molecule has 0 bridgehead atoms. The van der Waals surface area contributed by atoms with E-state index in [0.717, 1.165) is 0 Å². The Labute approximate surface area is 70.0 Å². The Hall–Kier alpha value is -1.59. The Morgan fingerprint density at radius 2 is 2.42 bits per heavy atom. The second kappa shape index (κ2) is 3.21. The monoisotopic (exact) mass is 169 g/mol. The molecule has 12 heavy (non-hydrogen) atoms. The van der Waals surface area contributed by atoms with Crippen LogP contribution in [0.1, 0.15) is 0 Å². The summed E-state index contributed by atoms with van der Waals surface area (Å²) in [6, 6.07) is 0. The Balaban J connectivity index is 2.58. The zero-order chi connectivity index (χ0) is 9.14. The van der Waals surface area contributed by atoms with Gasteiger partial charge >= 0.3 is 0 Å². The molecule has 0 aliphatic rings. The zero-order valence-corrected chi connectivity index (χ0v) is 7.06. The highest BCUT2D eigenvalue weighted by Crippen LogP contribution is 1.90. The number of aromatic nitrogens is 3. The Kier molecular flexibility index (Phi) is 2.27. The van der Waals surface area contributed by atoms with E-state index in [0.29, 0.717) is 0 Å². The highest BCUT2D eigenvalue weighted by molar-refractivity contribution is 5.75. The van der Waals surface area contributed by atoms with Gasteiger partial charge in [0.2, 0.25) is 11.9 Å². The van der Waals surface area contributed by atoms with E-state index in [9.17, 15) is 4.79 Å². The standard InChI is InChI=1S/C6H11N5O/c1-10(2)5(12)3-11-4-8-6(7)9-11/h4H,3H2,1-2H3,(H2,7,9). The Bertz CT molecular complexity index is 279. The van der Waals surface area contributed by atoms with Gasteiger partial charge in [-0.2, -0.15) is 0 Å². The largest absolute Gasteiger partial charge is 0.367 e. The van der Waals surface area contributed by atoms with Crippen molar-refractivity contribution in [3.63, 3.8) is 0 Å². The van der Waals surface area contributed by atoms with Crippen molar-refractivity contribution in [2.45, 2.75) is 6.54 Å². The van der Waals surface area contributed by atoms with Crippen LogP contribution in [0.3, 0.4) is 0 Å². The molecule has 66 valence electrons. The van der Waals surface area contributed by atoms with E-state index in [1.165, 1.54) is 15.9 Å². The maximum atomic E-state index is 11.1. The first-order valence-corrected chi connectivity index (χ1v) is 3.44. The molecular weight excluding hydrogens is 158 g/mol. The first-order chi connectivity index (χ1) is 5.59. The van der Waals surface area contributed by atoms with Crippen molar-refractivity contribution in [2.75, 3.05) is 19.8 Å². The van der Waals surface area contributed by atoms with Crippen molar-refractivity contribution in [1.29, 1.82) is 0 Å². The first-order valence-electron chi connectivity index (χ1n) is 3.44. The normalized spacial score (nSPS) is 9.83. The van der Waals surface area contributed by atoms with Gasteiger partial charge in [0.25, 0.3) is 0 Å². The lowest BCUT2D eigenvalue weighted by atomic mass is 10.5. The molecule has 1 heterocycles. The number of nitrogens with zero attached hydrogens (tertiary/aromatic N) is 4. The fourth-order valence-electron chi connectivity index (χ4n) is 0.665. The van der Waals surface area contributed by atoms with Gasteiger partial charge in [0.1, 0.15) is 12.9 Å². The molecule has 0 spiro atoms. The van der Waals surface area contributed by atoms with Crippen molar-refractivity contribution in [2.24, 2.45) is 0 Å². The summed E-state index contributed by atoms with van der Waals surface area (Å²) < 4.78 is 1.40. The number of hydrogen-bond donors (Lipinski definition) is 1. The Morgan fingerprint density at radius 3 is 2.83 bits per heavy atom. The van der Waals surface area contributed by atoms with Crippen LogP contribution in [0.2, 0.25) is 0 Å². The summed E-state index contributed by atoms with van der Waals surface area (Å²) in [4.78, 5) is 16.3. The SMILES string of the molecule is CN(C)C(=O)Cn1cnc(N)n1. The fraction of sp³-hybridized carbons (Fsp3) is 0.500. The molecule has 0 atom stereocenters. The highest BCUT2D eigenvalue weighted by Gasteiger charge is 2.05. The number of anilines is 1. The molecule has 6 nitrogen and oxygen atoms in total. The van der Waals surface area contributed by atoms with Crippen LogP contribution in [-0.4, -0.2) is 39.7 Å². The Morgan fingerprint density at radius 1 is 1.75 bits per heavy atom. The lowest BCUT2D eigenvalue weighted by Crippen LogP contribution is -2.26. The molecule has 6 heteroatoms. The van der Waals surface area contributed by atoms with E-state index < -0.39 is 0 Å². The van der Waals surface area contributed by atoms with Crippen molar-refractivity contribution in [3.8, 4) is 0 Å². The minimum atomic E-state index is -0.0418. The third kappa shape index (κ3) is 1.94. The third-order valence-corrected chi connectivity index (χ3v) is 1.35. The van der Waals surface area contributed by atoms with Gasteiger partial charge in [0, 0.05) is 14.1 Å². The summed E-state index contributed by atoms with van der Waals surface area (Å²) in [5.74, 6) is 0.140. The van der Waals surface area contributed by atoms with Crippen LogP contribution in [0, 0.1) is 0 Å². The van der Waals surface area contributed by atoms with Crippen molar-refractivity contribution in [3.05, 3.63) is 6.33 Å². The van der Waals surface area contributed by atoms with Gasteiger partial charge in [0.05, 0.1) is 0 Å². The number of carbonyl (C=O) groups is 1. The predicted molar refractivity (Wildman–Crippen MR) is 43.1 cm³/mol. The molecule has 0 unspecified atom stereocenters. The van der Waals surface area contributed by atoms with Crippen LogP contribution in [0.4, 0.5) is 5.95 Å². The molecular formula is C6H11N5O. The van der Waals surface area contributed by atoms with Crippen LogP contribution < -0.4 is 5.73 Å². The molecule has 0 aliphatic heterocycles. The van der Waals surface area contributed by atoms with Gasteiger partial charge in [-0.1, -0.05) is 0 Å². The summed E-state index contributed by atoms with van der Waals surface area (Å²) in [6.45, 7) is 0.178. The summed E-state index contributed by atoms with van der Waals surface area (Å²) in [5, 5.41) is 3.77. The third-order valence-electron chi connectivity index (χ3n) is 1.35. The van der Waals surface area contributed by atoms with Crippen molar-refractivity contribution >= 4 is 11.9 Å². The second-order valence-electron chi connectivity index (χ2n) is 2.59. The summed E-state index contributed by atoms with van der Waals surface area (Å²) in [7, 11) is 3.37.